The molecule has 0 aliphatic heterocycles. The quantitative estimate of drug-likeness (QED) is 0.196. The number of aryl methyl sites for hydroxylation is 3. The number of para-hydroxylation sites is 1. The highest BCUT2D eigenvalue weighted by Crippen LogP contribution is 2.31. The van der Waals surface area contributed by atoms with E-state index in [-0.39, 0.29) is 0 Å². The molecule has 0 aliphatic rings. The van der Waals surface area contributed by atoms with Crippen LogP contribution in [0, 0.1) is 0 Å². The number of hydrogen-bond acceptors (Lipinski definition) is 8. The van der Waals surface area contributed by atoms with Gasteiger partial charge in [-0.1, -0.05) is 32.0 Å². The van der Waals surface area contributed by atoms with Crippen LogP contribution in [0.3, 0.4) is 0 Å². The number of methoxy groups -OCH3 is 1. The molecule has 0 radical (unpaired) electrons. The second-order valence-corrected chi connectivity index (χ2v) is 9.88. The topological polar surface area (TPSA) is 106 Å². The van der Waals surface area contributed by atoms with Gasteiger partial charge in [-0.15, -0.1) is 0 Å². The van der Waals surface area contributed by atoms with Crippen LogP contribution >= 0.6 is 0 Å². The first kappa shape index (κ1) is 29.4. The van der Waals surface area contributed by atoms with Gasteiger partial charge >= 0.3 is 6.09 Å². The number of rotatable bonds is 12. The molecule has 41 heavy (non-hydrogen) atoms. The van der Waals surface area contributed by atoms with Gasteiger partial charge in [0.05, 0.1) is 29.9 Å². The Labute approximate surface area is 241 Å². The second-order valence-electron chi connectivity index (χ2n) is 9.88. The summed E-state index contributed by atoms with van der Waals surface area (Å²) in [6.45, 7) is 5.88. The minimum Gasteiger partial charge on any atom is -0.494 e. The van der Waals surface area contributed by atoms with Gasteiger partial charge < -0.3 is 29.6 Å². The Hall–Kier alpha value is -4.57. The zero-order valence-electron chi connectivity index (χ0n) is 24.6. The number of ether oxygens (including phenoxy) is 2. The normalized spacial score (nSPS) is 10.9. The zero-order valence-corrected chi connectivity index (χ0v) is 24.6. The van der Waals surface area contributed by atoms with Gasteiger partial charge in [-0.05, 0) is 56.3 Å². The summed E-state index contributed by atoms with van der Waals surface area (Å²) in [5.74, 6) is 1.50. The van der Waals surface area contributed by atoms with Crippen LogP contribution in [0.5, 0.6) is 11.5 Å². The zero-order chi connectivity index (χ0) is 29.4. The van der Waals surface area contributed by atoms with Crippen LogP contribution in [0.1, 0.15) is 25.0 Å². The van der Waals surface area contributed by atoms with Gasteiger partial charge in [0.25, 0.3) is 0 Å². The van der Waals surface area contributed by atoms with Crippen molar-refractivity contribution in [1.29, 1.82) is 0 Å². The van der Waals surface area contributed by atoms with Crippen molar-refractivity contribution in [1.82, 2.24) is 19.4 Å². The van der Waals surface area contributed by atoms with Gasteiger partial charge in [-0.2, -0.15) is 0 Å². The standard InChI is InChI=1S/C31H39N7O3/c1-7-21-10-9-11-22(8-2)29(21)36-31(39)41-24-19-27(38(5)20-24)25-14-15-33-30(34-25)35-26-13-12-23(18-28(26)40-6)32-16-17-37(3)4/h9-15,18-20,32H,7-8,16-17H2,1-6H3,(H,36,39)(H,33,34,35). The highest BCUT2D eigenvalue weighted by Gasteiger charge is 2.15. The number of amides is 1. The van der Waals surface area contributed by atoms with E-state index in [1.807, 2.05) is 68.2 Å². The Bertz CT molecular complexity index is 1460. The van der Waals surface area contributed by atoms with E-state index in [0.717, 1.165) is 59.8 Å². The molecule has 0 saturated carbocycles. The van der Waals surface area contributed by atoms with Crippen molar-refractivity contribution in [2.24, 2.45) is 7.05 Å². The van der Waals surface area contributed by atoms with Crippen molar-refractivity contribution in [3.8, 4) is 22.9 Å². The third-order valence-electron chi connectivity index (χ3n) is 6.67. The summed E-state index contributed by atoms with van der Waals surface area (Å²) < 4.78 is 13.1. The first-order valence-electron chi connectivity index (χ1n) is 13.7. The fraction of sp³-hybridized carbons (Fsp3) is 0.323. The van der Waals surface area contributed by atoms with Gasteiger partial charge in [0.2, 0.25) is 5.95 Å². The van der Waals surface area contributed by atoms with E-state index >= 15 is 0 Å². The highest BCUT2D eigenvalue weighted by molar-refractivity contribution is 5.88. The second kappa shape index (κ2) is 13.7. The lowest BCUT2D eigenvalue weighted by Gasteiger charge is -2.15. The predicted octanol–water partition coefficient (Wildman–Crippen LogP) is 5.94. The summed E-state index contributed by atoms with van der Waals surface area (Å²) in [5.41, 5.74) is 6.12. The molecule has 4 aromatic rings. The third-order valence-corrected chi connectivity index (χ3v) is 6.67. The van der Waals surface area contributed by atoms with Gasteiger partial charge in [0, 0.05) is 50.4 Å². The number of carbonyl (C=O) groups excluding carboxylic acids is 1. The summed E-state index contributed by atoms with van der Waals surface area (Å²) in [6.07, 6.45) is 4.53. The van der Waals surface area contributed by atoms with Gasteiger partial charge in [0.15, 0.2) is 5.75 Å². The van der Waals surface area contributed by atoms with E-state index in [2.05, 4.69) is 39.7 Å². The summed E-state index contributed by atoms with van der Waals surface area (Å²) in [7, 11) is 7.59. The van der Waals surface area contributed by atoms with E-state index < -0.39 is 6.09 Å². The van der Waals surface area contributed by atoms with Crippen molar-refractivity contribution < 1.29 is 14.3 Å². The van der Waals surface area contributed by atoms with Crippen LogP contribution in [0.2, 0.25) is 0 Å². The molecular weight excluding hydrogens is 518 g/mol. The molecule has 2 aromatic heterocycles. The molecule has 0 spiro atoms. The smallest absolute Gasteiger partial charge is 0.417 e. The number of likely N-dealkylation sites (N-methyl/N-ethyl adjacent to an activating group) is 1. The highest BCUT2D eigenvalue weighted by atomic mass is 16.6. The molecule has 4 rings (SSSR count). The molecule has 0 saturated heterocycles. The van der Waals surface area contributed by atoms with Crippen molar-refractivity contribution >= 4 is 29.1 Å². The average molecular weight is 558 g/mol. The molecule has 216 valence electrons. The van der Waals surface area contributed by atoms with E-state index in [1.54, 1.807) is 25.6 Å². The molecule has 2 heterocycles. The fourth-order valence-corrected chi connectivity index (χ4v) is 4.49. The number of benzene rings is 2. The summed E-state index contributed by atoms with van der Waals surface area (Å²) in [6, 6.07) is 15.5. The average Bonchev–Trinajstić information content (AvgIpc) is 3.33. The van der Waals surface area contributed by atoms with Gasteiger partial charge in [0.1, 0.15) is 5.75 Å². The number of nitrogens with one attached hydrogen (secondary N) is 3. The Morgan fingerprint density at radius 2 is 1.80 bits per heavy atom. The van der Waals surface area contributed by atoms with Crippen LogP contribution in [0.25, 0.3) is 11.4 Å². The maximum absolute atomic E-state index is 12.8. The van der Waals surface area contributed by atoms with Crippen LogP contribution in [-0.2, 0) is 19.9 Å². The fourth-order valence-electron chi connectivity index (χ4n) is 4.49. The number of nitrogens with zero attached hydrogens (tertiary/aromatic N) is 4. The van der Waals surface area contributed by atoms with Crippen molar-refractivity contribution in [2.75, 3.05) is 50.2 Å². The predicted molar refractivity (Wildman–Crippen MR) is 165 cm³/mol. The number of carbonyl (C=O) groups is 1. The SMILES string of the molecule is CCc1cccc(CC)c1NC(=O)Oc1cc(-c2ccnc(Nc3ccc(NCCN(C)C)cc3OC)n2)n(C)c1. The van der Waals surface area contributed by atoms with Crippen LogP contribution in [0.4, 0.5) is 27.8 Å². The van der Waals surface area contributed by atoms with E-state index in [0.29, 0.717) is 23.1 Å². The number of hydrogen-bond donors (Lipinski definition) is 3. The molecule has 0 fully saturated rings. The molecule has 0 aliphatic carbocycles. The maximum atomic E-state index is 12.8. The van der Waals surface area contributed by atoms with Crippen LogP contribution in [-0.4, -0.2) is 59.8 Å². The number of aromatic nitrogens is 3. The van der Waals surface area contributed by atoms with Crippen molar-refractivity contribution in [3.63, 3.8) is 0 Å². The summed E-state index contributed by atoms with van der Waals surface area (Å²) in [5, 5.41) is 9.59. The first-order chi connectivity index (χ1) is 19.8. The molecular formula is C31H39N7O3. The summed E-state index contributed by atoms with van der Waals surface area (Å²) >= 11 is 0. The van der Waals surface area contributed by atoms with Crippen molar-refractivity contribution in [3.05, 3.63) is 72.1 Å². The van der Waals surface area contributed by atoms with Crippen LogP contribution < -0.4 is 25.4 Å². The molecule has 10 heteroatoms. The maximum Gasteiger partial charge on any atom is 0.417 e. The van der Waals surface area contributed by atoms with Gasteiger partial charge in [-0.25, -0.2) is 14.8 Å². The van der Waals surface area contributed by atoms with E-state index in [4.69, 9.17) is 14.5 Å². The lowest BCUT2D eigenvalue weighted by atomic mass is 10.0. The molecule has 1 amide bonds. The van der Waals surface area contributed by atoms with E-state index in [9.17, 15) is 4.79 Å². The molecule has 3 N–H and O–H groups in total. The lowest BCUT2D eigenvalue weighted by Crippen LogP contribution is -2.20. The van der Waals surface area contributed by atoms with Crippen LogP contribution in [0.15, 0.2) is 60.9 Å². The summed E-state index contributed by atoms with van der Waals surface area (Å²) in [4.78, 5) is 24.0. The largest absolute Gasteiger partial charge is 0.494 e. The Balaban J connectivity index is 1.47. The van der Waals surface area contributed by atoms with Crippen molar-refractivity contribution in [2.45, 2.75) is 26.7 Å². The molecule has 0 bridgehead atoms. The molecule has 0 atom stereocenters. The monoisotopic (exact) mass is 557 g/mol. The first-order valence-corrected chi connectivity index (χ1v) is 13.7. The molecule has 0 unspecified atom stereocenters. The lowest BCUT2D eigenvalue weighted by molar-refractivity contribution is 0.215. The minimum atomic E-state index is -0.533. The molecule has 2 aromatic carbocycles. The number of anilines is 4. The Morgan fingerprint density at radius 3 is 2.49 bits per heavy atom. The Kier molecular flexibility index (Phi) is 9.81. The Morgan fingerprint density at radius 1 is 1.05 bits per heavy atom. The van der Waals surface area contributed by atoms with E-state index in [1.165, 1.54) is 0 Å². The third kappa shape index (κ3) is 7.55. The van der Waals surface area contributed by atoms with Gasteiger partial charge in [-0.3, -0.25) is 5.32 Å². The minimum absolute atomic E-state index is 0.416. The molecule has 10 nitrogen and oxygen atoms in total.